The summed E-state index contributed by atoms with van der Waals surface area (Å²) in [6.45, 7) is 5.90. The molecule has 0 radical (unpaired) electrons. The fourth-order valence-electron chi connectivity index (χ4n) is 2.28. The summed E-state index contributed by atoms with van der Waals surface area (Å²) in [5.41, 5.74) is 2.13. The van der Waals surface area contributed by atoms with E-state index in [1.165, 1.54) is 6.07 Å². The van der Waals surface area contributed by atoms with Crippen molar-refractivity contribution < 1.29 is 4.39 Å². The summed E-state index contributed by atoms with van der Waals surface area (Å²) in [5.74, 6) is -0.244. The fraction of sp³-hybridized carbons (Fsp3) is 0.400. The minimum atomic E-state index is -0.244. The number of nitrogens with one attached hydrogen (secondary N) is 1. The third-order valence-corrected chi connectivity index (χ3v) is 3.77. The molecule has 0 aliphatic carbocycles. The van der Waals surface area contributed by atoms with Crippen molar-refractivity contribution in [1.82, 2.24) is 15.1 Å². The third kappa shape index (κ3) is 3.27. The maximum absolute atomic E-state index is 13.4. The van der Waals surface area contributed by atoms with E-state index in [9.17, 15) is 4.39 Å². The van der Waals surface area contributed by atoms with Gasteiger partial charge < -0.3 is 5.32 Å². The van der Waals surface area contributed by atoms with Crippen molar-refractivity contribution in [3.63, 3.8) is 0 Å². The SMILES string of the molecule is CCCn1nccc1C(NCC)c1ccc(F)c(Br)c1. The third-order valence-electron chi connectivity index (χ3n) is 3.17. The summed E-state index contributed by atoms with van der Waals surface area (Å²) < 4.78 is 15.9. The molecule has 3 nitrogen and oxygen atoms in total. The van der Waals surface area contributed by atoms with Crippen LogP contribution in [0.25, 0.3) is 0 Å². The zero-order valence-electron chi connectivity index (χ0n) is 11.7. The second-order valence-corrected chi connectivity index (χ2v) is 5.50. The van der Waals surface area contributed by atoms with E-state index < -0.39 is 0 Å². The lowest BCUT2D eigenvalue weighted by atomic mass is 10.0. The maximum Gasteiger partial charge on any atom is 0.137 e. The first-order chi connectivity index (χ1) is 9.67. The summed E-state index contributed by atoms with van der Waals surface area (Å²) >= 11 is 3.25. The molecule has 1 atom stereocenters. The molecule has 1 aromatic carbocycles. The van der Waals surface area contributed by atoms with E-state index in [1.54, 1.807) is 0 Å². The molecule has 108 valence electrons. The minimum Gasteiger partial charge on any atom is -0.305 e. The molecule has 5 heteroatoms. The van der Waals surface area contributed by atoms with E-state index >= 15 is 0 Å². The van der Waals surface area contributed by atoms with Crippen LogP contribution in [0.1, 0.15) is 37.6 Å². The smallest absolute Gasteiger partial charge is 0.137 e. The normalized spacial score (nSPS) is 12.6. The number of aromatic nitrogens is 2. The summed E-state index contributed by atoms with van der Waals surface area (Å²) in [7, 11) is 0. The quantitative estimate of drug-likeness (QED) is 0.865. The summed E-state index contributed by atoms with van der Waals surface area (Å²) in [6.07, 6.45) is 2.84. The van der Waals surface area contributed by atoms with Gasteiger partial charge in [0.05, 0.1) is 16.2 Å². The average molecular weight is 340 g/mol. The molecule has 1 aromatic heterocycles. The molecule has 0 amide bonds. The van der Waals surface area contributed by atoms with Gasteiger partial charge in [0.1, 0.15) is 5.82 Å². The van der Waals surface area contributed by atoms with Crippen LogP contribution in [0.3, 0.4) is 0 Å². The Kier molecular flexibility index (Phi) is 5.31. The van der Waals surface area contributed by atoms with Gasteiger partial charge in [-0.2, -0.15) is 5.10 Å². The largest absolute Gasteiger partial charge is 0.305 e. The molecular weight excluding hydrogens is 321 g/mol. The van der Waals surface area contributed by atoms with E-state index in [1.807, 2.05) is 29.1 Å². The first kappa shape index (κ1) is 15.2. The van der Waals surface area contributed by atoms with Crippen molar-refractivity contribution in [3.8, 4) is 0 Å². The Morgan fingerprint density at radius 3 is 2.80 bits per heavy atom. The second-order valence-electron chi connectivity index (χ2n) is 4.64. The van der Waals surface area contributed by atoms with E-state index in [4.69, 9.17) is 0 Å². The van der Waals surface area contributed by atoms with Gasteiger partial charge in [0.25, 0.3) is 0 Å². The monoisotopic (exact) mass is 339 g/mol. The summed E-state index contributed by atoms with van der Waals surface area (Å²) in [5, 5.41) is 7.81. The molecule has 0 saturated carbocycles. The Hall–Kier alpha value is -1.20. The molecule has 0 aliphatic heterocycles. The number of halogens is 2. The second kappa shape index (κ2) is 6.99. The lowest BCUT2D eigenvalue weighted by molar-refractivity contribution is 0.519. The van der Waals surface area contributed by atoms with Crippen molar-refractivity contribution in [3.05, 3.63) is 52.0 Å². The highest BCUT2D eigenvalue weighted by atomic mass is 79.9. The van der Waals surface area contributed by atoms with Crippen molar-refractivity contribution in [1.29, 1.82) is 0 Å². The van der Waals surface area contributed by atoms with Crippen LogP contribution in [0, 0.1) is 5.82 Å². The van der Waals surface area contributed by atoms with Crippen LogP contribution in [0.2, 0.25) is 0 Å². The molecular formula is C15H19BrFN3. The zero-order chi connectivity index (χ0) is 14.5. The lowest BCUT2D eigenvalue weighted by Crippen LogP contribution is -2.25. The molecule has 1 heterocycles. The van der Waals surface area contributed by atoms with Crippen LogP contribution >= 0.6 is 15.9 Å². The van der Waals surface area contributed by atoms with E-state index in [0.29, 0.717) is 4.47 Å². The predicted molar refractivity (Wildman–Crippen MR) is 82.1 cm³/mol. The molecule has 0 aliphatic rings. The van der Waals surface area contributed by atoms with Crippen molar-refractivity contribution in [2.45, 2.75) is 32.9 Å². The molecule has 20 heavy (non-hydrogen) atoms. The number of nitrogens with zero attached hydrogens (tertiary/aromatic N) is 2. The Morgan fingerprint density at radius 1 is 1.35 bits per heavy atom. The molecule has 2 aromatic rings. The van der Waals surface area contributed by atoms with Gasteiger partial charge in [-0.05, 0) is 52.7 Å². The Morgan fingerprint density at radius 2 is 2.15 bits per heavy atom. The van der Waals surface area contributed by atoms with Gasteiger partial charge in [-0.3, -0.25) is 4.68 Å². The fourth-order valence-corrected chi connectivity index (χ4v) is 2.67. The first-order valence-corrected chi connectivity index (χ1v) is 7.66. The molecule has 0 saturated heterocycles. The number of rotatable bonds is 6. The predicted octanol–water partition coefficient (Wildman–Crippen LogP) is 3.89. The van der Waals surface area contributed by atoms with Crippen LogP contribution < -0.4 is 5.32 Å². The van der Waals surface area contributed by atoms with Gasteiger partial charge in [0.15, 0.2) is 0 Å². The highest BCUT2D eigenvalue weighted by Crippen LogP contribution is 2.26. The molecule has 0 fully saturated rings. The van der Waals surface area contributed by atoms with Gasteiger partial charge in [-0.15, -0.1) is 0 Å². The van der Waals surface area contributed by atoms with Gasteiger partial charge in [-0.1, -0.05) is 19.9 Å². The van der Waals surface area contributed by atoms with Crippen molar-refractivity contribution in [2.24, 2.45) is 0 Å². The number of hydrogen-bond donors (Lipinski definition) is 1. The Balaban J connectivity index is 2.39. The molecule has 0 bridgehead atoms. The first-order valence-electron chi connectivity index (χ1n) is 6.87. The van der Waals surface area contributed by atoms with E-state index in [-0.39, 0.29) is 11.9 Å². The summed E-state index contributed by atoms with van der Waals surface area (Å²) in [4.78, 5) is 0. The standard InChI is InChI=1S/C15H19BrFN3/c1-3-9-20-14(7-8-19-20)15(18-4-2)11-5-6-13(17)12(16)10-11/h5-8,10,15,18H,3-4,9H2,1-2H3. The van der Waals surface area contributed by atoms with Crippen LogP contribution in [0.5, 0.6) is 0 Å². The zero-order valence-corrected chi connectivity index (χ0v) is 13.3. The van der Waals surface area contributed by atoms with Crippen LogP contribution in [-0.4, -0.2) is 16.3 Å². The van der Waals surface area contributed by atoms with Gasteiger partial charge in [0, 0.05) is 12.7 Å². The van der Waals surface area contributed by atoms with Gasteiger partial charge in [0.2, 0.25) is 0 Å². The van der Waals surface area contributed by atoms with Crippen LogP contribution in [-0.2, 0) is 6.54 Å². The number of hydrogen-bond acceptors (Lipinski definition) is 2. The number of aryl methyl sites for hydroxylation is 1. The van der Waals surface area contributed by atoms with Crippen LogP contribution in [0.15, 0.2) is 34.9 Å². The average Bonchev–Trinajstić information content (AvgIpc) is 2.88. The molecule has 1 unspecified atom stereocenters. The minimum absolute atomic E-state index is 0.0194. The Bertz CT molecular complexity index is 568. The van der Waals surface area contributed by atoms with Crippen molar-refractivity contribution in [2.75, 3.05) is 6.54 Å². The topological polar surface area (TPSA) is 29.9 Å². The highest BCUT2D eigenvalue weighted by Gasteiger charge is 2.18. The molecule has 0 spiro atoms. The highest BCUT2D eigenvalue weighted by molar-refractivity contribution is 9.10. The van der Waals surface area contributed by atoms with Crippen molar-refractivity contribution >= 4 is 15.9 Å². The lowest BCUT2D eigenvalue weighted by Gasteiger charge is -2.20. The van der Waals surface area contributed by atoms with Gasteiger partial charge in [-0.25, -0.2) is 4.39 Å². The summed E-state index contributed by atoms with van der Waals surface area (Å²) in [6, 6.07) is 7.17. The van der Waals surface area contributed by atoms with E-state index in [2.05, 4.69) is 40.2 Å². The Labute approximate surface area is 127 Å². The maximum atomic E-state index is 13.4. The van der Waals surface area contributed by atoms with E-state index in [0.717, 1.165) is 30.8 Å². The number of benzene rings is 1. The molecule has 2 rings (SSSR count). The van der Waals surface area contributed by atoms with Gasteiger partial charge >= 0.3 is 0 Å². The molecule has 1 N–H and O–H groups in total. The van der Waals surface area contributed by atoms with Crippen LogP contribution in [0.4, 0.5) is 4.39 Å².